The van der Waals surface area contributed by atoms with Gasteiger partial charge in [0.25, 0.3) is 0 Å². The number of hydrogen-bond donors (Lipinski definition) is 1. The average molecular weight is 242 g/mol. The highest BCUT2D eigenvalue weighted by Gasteiger charge is 2.20. The molecular formula is C14H18N4. The average Bonchev–Trinajstić information content (AvgIpc) is 3.09. The third-order valence-corrected chi connectivity index (χ3v) is 3.22. The molecule has 0 spiro atoms. The quantitative estimate of drug-likeness (QED) is 0.893. The van der Waals surface area contributed by atoms with Crippen molar-refractivity contribution in [3.8, 4) is 5.82 Å². The first kappa shape index (κ1) is 11.4. The van der Waals surface area contributed by atoms with Gasteiger partial charge in [0, 0.05) is 25.0 Å². The van der Waals surface area contributed by atoms with Crippen LogP contribution in [0.2, 0.25) is 0 Å². The largest absolute Gasteiger partial charge is 0.310 e. The Kier molecular flexibility index (Phi) is 2.88. The third kappa shape index (κ3) is 2.43. The lowest BCUT2D eigenvalue weighted by molar-refractivity contribution is 0.684. The maximum absolute atomic E-state index is 4.52. The Morgan fingerprint density at radius 1 is 1.39 bits per heavy atom. The fraction of sp³-hybridized carbons (Fsp3) is 0.429. The summed E-state index contributed by atoms with van der Waals surface area (Å²) in [5.41, 5.74) is 3.41. The van der Waals surface area contributed by atoms with E-state index >= 15 is 0 Å². The standard InChI is InChI=1S/C14H18N4/c1-10-7-12(8-15-13-3-4-13)9-16-14(10)18-6-5-11(2)17-18/h5-7,9,13,15H,3-4,8H2,1-2H3. The van der Waals surface area contributed by atoms with E-state index in [4.69, 9.17) is 0 Å². The summed E-state index contributed by atoms with van der Waals surface area (Å²) in [5, 5.41) is 7.90. The van der Waals surface area contributed by atoms with Crippen LogP contribution in [0.4, 0.5) is 0 Å². The summed E-state index contributed by atoms with van der Waals surface area (Å²) in [4.78, 5) is 4.52. The van der Waals surface area contributed by atoms with E-state index in [1.807, 2.05) is 30.1 Å². The van der Waals surface area contributed by atoms with Crippen LogP contribution in [0.5, 0.6) is 0 Å². The Bertz CT molecular complexity index is 555. The SMILES string of the molecule is Cc1ccn(-c2ncc(CNC3CC3)cc2C)n1. The third-order valence-electron chi connectivity index (χ3n) is 3.22. The Morgan fingerprint density at radius 2 is 2.22 bits per heavy atom. The van der Waals surface area contributed by atoms with Crippen molar-refractivity contribution in [1.82, 2.24) is 20.1 Å². The van der Waals surface area contributed by atoms with Crippen molar-refractivity contribution in [2.24, 2.45) is 0 Å². The fourth-order valence-electron chi connectivity index (χ4n) is 2.04. The van der Waals surface area contributed by atoms with Crippen molar-refractivity contribution >= 4 is 0 Å². The number of nitrogens with zero attached hydrogens (tertiary/aromatic N) is 3. The van der Waals surface area contributed by atoms with Gasteiger partial charge in [-0.15, -0.1) is 0 Å². The Morgan fingerprint density at radius 3 is 2.83 bits per heavy atom. The fourth-order valence-corrected chi connectivity index (χ4v) is 2.04. The molecule has 4 heteroatoms. The maximum Gasteiger partial charge on any atom is 0.156 e. The molecule has 0 amide bonds. The first-order chi connectivity index (χ1) is 8.72. The van der Waals surface area contributed by atoms with Gasteiger partial charge in [-0.1, -0.05) is 0 Å². The van der Waals surface area contributed by atoms with E-state index < -0.39 is 0 Å². The summed E-state index contributed by atoms with van der Waals surface area (Å²) in [6.45, 7) is 4.98. The molecule has 2 aromatic rings. The minimum atomic E-state index is 0.735. The van der Waals surface area contributed by atoms with E-state index in [0.717, 1.165) is 29.7 Å². The number of aryl methyl sites for hydroxylation is 2. The molecule has 2 aromatic heterocycles. The minimum absolute atomic E-state index is 0.735. The van der Waals surface area contributed by atoms with Crippen molar-refractivity contribution in [2.75, 3.05) is 0 Å². The maximum atomic E-state index is 4.52. The van der Waals surface area contributed by atoms with Crippen molar-refractivity contribution in [3.05, 3.63) is 41.3 Å². The monoisotopic (exact) mass is 242 g/mol. The van der Waals surface area contributed by atoms with Gasteiger partial charge in [-0.2, -0.15) is 5.10 Å². The molecule has 18 heavy (non-hydrogen) atoms. The summed E-state index contributed by atoms with van der Waals surface area (Å²) in [6.07, 6.45) is 6.52. The van der Waals surface area contributed by atoms with Crippen LogP contribution in [0.1, 0.15) is 29.7 Å². The summed E-state index contributed by atoms with van der Waals surface area (Å²) >= 11 is 0. The van der Waals surface area contributed by atoms with E-state index in [9.17, 15) is 0 Å². The normalized spacial score (nSPS) is 15.0. The Labute approximate surface area is 107 Å². The van der Waals surface area contributed by atoms with Gasteiger partial charge in [0.1, 0.15) is 0 Å². The molecule has 1 N–H and O–H groups in total. The van der Waals surface area contributed by atoms with E-state index in [-0.39, 0.29) is 0 Å². The molecule has 1 fully saturated rings. The predicted octanol–water partition coefficient (Wildman–Crippen LogP) is 2.14. The predicted molar refractivity (Wildman–Crippen MR) is 70.7 cm³/mol. The second kappa shape index (κ2) is 4.53. The second-order valence-corrected chi connectivity index (χ2v) is 5.04. The van der Waals surface area contributed by atoms with Crippen molar-refractivity contribution in [2.45, 2.75) is 39.3 Å². The van der Waals surface area contributed by atoms with Gasteiger partial charge in [0.15, 0.2) is 5.82 Å². The molecule has 0 unspecified atom stereocenters. The molecule has 1 aliphatic rings. The highest BCUT2D eigenvalue weighted by atomic mass is 15.3. The lowest BCUT2D eigenvalue weighted by Crippen LogP contribution is -2.16. The Hall–Kier alpha value is -1.68. The molecule has 0 atom stereocenters. The molecule has 1 saturated carbocycles. The van der Waals surface area contributed by atoms with Crippen molar-refractivity contribution in [1.29, 1.82) is 0 Å². The van der Waals surface area contributed by atoms with Crippen molar-refractivity contribution < 1.29 is 0 Å². The van der Waals surface area contributed by atoms with Crippen LogP contribution in [0.15, 0.2) is 24.5 Å². The van der Waals surface area contributed by atoms with Crippen LogP contribution in [-0.2, 0) is 6.54 Å². The molecule has 0 radical (unpaired) electrons. The molecule has 94 valence electrons. The van der Waals surface area contributed by atoms with E-state index in [2.05, 4.69) is 28.4 Å². The molecule has 4 nitrogen and oxygen atoms in total. The number of hydrogen-bond acceptors (Lipinski definition) is 3. The van der Waals surface area contributed by atoms with Gasteiger partial charge < -0.3 is 5.32 Å². The molecular weight excluding hydrogens is 224 g/mol. The topological polar surface area (TPSA) is 42.7 Å². The zero-order valence-electron chi connectivity index (χ0n) is 10.8. The minimum Gasteiger partial charge on any atom is -0.310 e. The molecule has 3 rings (SSSR count). The van der Waals surface area contributed by atoms with Crippen LogP contribution < -0.4 is 5.32 Å². The van der Waals surface area contributed by atoms with Crippen molar-refractivity contribution in [3.63, 3.8) is 0 Å². The van der Waals surface area contributed by atoms with Gasteiger partial charge >= 0.3 is 0 Å². The van der Waals surface area contributed by atoms with Crippen LogP contribution >= 0.6 is 0 Å². The summed E-state index contributed by atoms with van der Waals surface area (Å²) in [5.74, 6) is 0.915. The summed E-state index contributed by atoms with van der Waals surface area (Å²) < 4.78 is 1.84. The zero-order valence-corrected chi connectivity index (χ0v) is 10.8. The summed E-state index contributed by atoms with van der Waals surface area (Å²) in [7, 11) is 0. The summed E-state index contributed by atoms with van der Waals surface area (Å²) in [6, 6.07) is 4.91. The van der Waals surface area contributed by atoms with Gasteiger partial charge in [0.05, 0.1) is 5.69 Å². The number of nitrogens with one attached hydrogen (secondary N) is 1. The van der Waals surface area contributed by atoms with E-state index in [0.29, 0.717) is 0 Å². The van der Waals surface area contributed by atoms with Crippen LogP contribution in [0, 0.1) is 13.8 Å². The van der Waals surface area contributed by atoms with E-state index in [1.165, 1.54) is 18.4 Å². The van der Waals surface area contributed by atoms with Gasteiger partial charge in [-0.3, -0.25) is 0 Å². The van der Waals surface area contributed by atoms with Crippen LogP contribution in [0.3, 0.4) is 0 Å². The number of aromatic nitrogens is 3. The van der Waals surface area contributed by atoms with Gasteiger partial charge in [0.2, 0.25) is 0 Å². The molecule has 0 saturated heterocycles. The molecule has 0 aliphatic heterocycles. The highest BCUT2D eigenvalue weighted by molar-refractivity contribution is 5.34. The van der Waals surface area contributed by atoms with Gasteiger partial charge in [-0.25, -0.2) is 9.67 Å². The molecule has 0 bridgehead atoms. The molecule has 0 aromatic carbocycles. The Balaban J connectivity index is 1.79. The van der Waals surface area contributed by atoms with Crippen LogP contribution in [0.25, 0.3) is 5.82 Å². The number of pyridine rings is 1. The lowest BCUT2D eigenvalue weighted by Gasteiger charge is -2.08. The highest BCUT2D eigenvalue weighted by Crippen LogP contribution is 2.19. The van der Waals surface area contributed by atoms with Crippen LogP contribution in [-0.4, -0.2) is 20.8 Å². The molecule has 2 heterocycles. The zero-order chi connectivity index (χ0) is 12.5. The second-order valence-electron chi connectivity index (χ2n) is 5.04. The lowest BCUT2D eigenvalue weighted by atomic mass is 10.2. The first-order valence-corrected chi connectivity index (χ1v) is 6.44. The van der Waals surface area contributed by atoms with Gasteiger partial charge in [-0.05, 0) is 49.9 Å². The smallest absolute Gasteiger partial charge is 0.156 e. The molecule has 1 aliphatic carbocycles. The number of rotatable bonds is 4. The first-order valence-electron chi connectivity index (χ1n) is 6.44. The van der Waals surface area contributed by atoms with E-state index in [1.54, 1.807) is 0 Å².